The Labute approximate surface area is 101 Å². The van der Waals surface area contributed by atoms with Crippen molar-refractivity contribution in [1.29, 1.82) is 0 Å². The van der Waals surface area contributed by atoms with Gasteiger partial charge in [0.05, 0.1) is 19.8 Å². The van der Waals surface area contributed by atoms with Crippen LogP contribution >= 0.6 is 0 Å². The van der Waals surface area contributed by atoms with Gasteiger partial charge < -0.3 is 19.5 Å². The number of aromatic nitrogens is 2. The van der Waals surface area contributed by atoms with E-state index in [1.165, 1.54) is 0 Å². The summed E-state index contributed by atoms with van der Waals surface area (Å²) in [5.41, 5.74) is 0. The van der Waals surface area contributed by atoms with E-state index in [9.17, 15) is 4.79 Å². The topological polar surface area (TPSA) is 59.4 Å². The molecule has 0 radical (unpaired) electrons. The lowest BCUT2D eigenvalue weighted by molar-refractivity contribution is -0.135. The molecule has 0 bridgehead atoms. The molecule has 94 valence electrons. The molecule has 0 aliphatic carbocycles. The molecule has 1 unspecified atom stereocenters. The summed E-state index contributed by atoms with van der Waals surface area (Å²) in [7, 11) is 3.70. The number of aryl methyl sites for hydroxylation is 1. The Bertz CT molecular complexity index is 385. The van der Waals surface area contributed by atoms with Crippen molar-refractivity contribution in [3.05, 3.63) is 18.2 Å². The second-order valence-corrected chi connectivity index (χ2v) is 4.23. The van der Waals surface area contributed by atoms with Crippen LogP contribution in [0.15, 0.2) is 12.4 Å². The van der Waals surface area contributed by atoms with Crippen molar-refractivity contribution >= 4 is 5.91 Å². The number of ether oxygens (including phenoxy) is 1. The van der Waals surface area contributed by atoms with Crippen LogP contribution in [0.5, 0.6) is 0 Å². The summed E-state index contributed by atoms with van der Waals surface area (Å²) in [4.78, 5) is 18.0. The zero-order valence-electron chi connectivity index (χ0n) is 10.2. The number of hydrogen-bond acceptors (Lipinski definition) is 4. The molecule has 2 heterocycles. The number of hydrogen-bond donors (Lipinski definition) is 1. The highest BCUT2D eigenvalue weighted by molar-refractivity contribution is 5.81. The lowest BCUT2D eigenvalue weighted by Gasteiger charge is -2.27. The zero-order valence-corrected chi connectivity index (χ0v) is 10.2. The first-order valence-electron chi connectivity index (χ1n) is 5.71. The third-order valence-electron chi connectivity index (χ3n) is 2.90. The molecule has 6 heteroatoms. The highest BCUT2D eigenvalue weighted by atomic mass is 16.5. The number of imidazole rings is 1. The molecule has 1 amide bonds. The van der Waals surface area contributed by atoms with Crippen molar-refractivity contribution in [3.63, 3.8) is 0 Å². The van der Waals surface area contributed by atoms with E-state index in [0.717, 1.165) is 12.4 Å². The van der Waals surface area contributed by atoms with E-state index in [4.69, 9.17) is 4.74 Å². The van der Waals surface area contributed by atoms with E-state index in [1.807, 2.05) is 17.8 Å². The standard InChI is InChI=1S/C11H18N4O2/c1-14-5-3-13-10(14)7-15(2)11(16)9-8-17-6-4-12-9/h3,5,9,12H,4,6-8H2,1-2H3. The van der Waals surface area contributed by atoms with Crippen molar-refractivity contribution in [1.82, 2.24) is 19.8 Å². The van der Waals surface area contributed by atoms with E-state index in [0.29, 0.717) is 19.8 Å². The largest absolute Gasteiger partial charge is 0.378 e. The van der Waals surface area contributed by atoms with Gasteiger partial charge in [-0.3, -0.25) is 4.79 Å². The molecule has 1 aromatic rings. The fourth-order valence-corrected chi connectivity index (χ4v) is 1.83. The van der Waals surface area contributed by atoms with Gasteiger partial charge in [-0.25, -0.2) is 4.98 Å². The molecule has 6 nitrogen and oxygen atoms in total. The van der Waals surface area contributed by atoms with Crippen LogP contribution in [0.25, 0.3) is 0 Å². The molecule has 1 aliphatic heterocycles. The molecule has 2 rings (SSSR count). The number of amides is 1. The Hall–Kier alpha value is -1.40. The first-order valence-corrected chi connectivity index (χ1v) is 5.71. The lowest BCUT2D eigenvalue weighted by atomic mass is 10.2. The molecule has 0 aromatic carbocycles. The van der Waals surface area contributed by atoms with Crippen molar-refractivity contribution in [2.75, 3.05) is 26.8 Å². The van der Waals surface area contributed by atoms with Crippen molar-refractivity contribution < 1.29 is 9.53 Å². The van der Waals surface area contributed by atoms with Crippen LogP contribution in [-0.2, 0) is 23.1 Å². The van der Waals surface area contributed by atoms with Crippen LogP contribution in [0.3, 0.4) is 0 Å². The average Bonchev–Trinajstić information content (AvgIpc) is 2.75. The molecule has 1 aromatic heterocycles. The fraction of sp³-hybridized carbons (Fsp3) is 0.636. The van der Waals surface area contributed by atoms with Gasteiger partial charge in [0.15, 0.2) is 0 Å². The summed E-state index contributed by atoms with van der Waals surface area (Å²) >= 11 is 0. The van der Waals surface area contributed by atoms with E-state index in [1.54, 1.807) is 18.1 Å². The van der Waals surface area contributed by atoms with Crippen molar-refractivity contribution in [2.24, 2.45) is 7.05 Å². The summed E-state index contributed by atoms with van der Waals surface area (Å²) in [5.74, 6) is 0.922. The molecule has 1 atom stereocenters. The van der Waals surface area contributed by atoms with Crippen LogP contribution in [0, 0.1) is 0 Å². The van der Waals surface area contributed by atoms with Gasteiger partial charge in [0.2, 0.25) is 5.91 Å². The number of rotatable bonds is 3. The van der Waals surface area contributed by atoms with Gasteiger partial charge in [-0.15, -0.1) is 0 Å². The summed E-state index contributed by atoms with van der Waals surface area (Å²) in [5, 5.41) is 3.15. The van der Waals surface area contributed by atoms with E-state index >= 15 is 0 Å². The van der Waals surface area contributed by atoms with Gasteiger partial charge >= 0.3 is 0 Å². The van der Waals surface area contributed by atoms with E-state index in [2.05, 4.69) is 10.3 Å². The molecule has 1 saturated heterocycles. The Morgan fingerprint density at radius 1 is 1.76 bits per heavy atom. The minimum atomic E-state index is -0.228. The fourth-order valence-electron chi connectivity index (χ4n) is 1.83. The quantitative estimate of drug-likeness (QED) is 0.761. The van der Waals surface area contributed by atoms with E-state index in [-0.39, 0.29) is 11.9 Å². The van der Waals surface area contributed by atoms with Gasteiger partial charge in [0.1, 0.15) is 11.9 Å². The zero-order chi connectivity index (χ0) is 12.3. The molecular formula is C11H18N4O2. The monoisotopic (exact) mass is 238 g/mol. The highest BCUT2D eigenvalue weighted by Gasteiger charge is 2.24. The minimum Gasteiger partial charge on any atom is -0.378 e. The number of nitrogens with one attached hydrogen (secondary N) is 1. The smallest absolute Gasteiger partial charge is 0.242 e. The third-order valence-corrected chi connectivity index (χ3v) is 2.90. The molecule has 0 saturated carbocycles. The predicted molar refractivity (Wildman–Crippen MR) is 62.3 cm³/mol. The summed E-state index contributed by atoms with van der Waals surface area (Å²) in [6, 6.07) is -0.228. The molecule has 1 fully saturated rings. The minimum absolute atomic E-state index is 0.0488. The third kappa shape index (κ3) is 2.83. The average molecular weight is 238 g/mol. The first-order chi connectivity index (χ1) is 8.18. The number of likely N-dealkylation sites (N-methyl/N-ethyl adjacent to an activating group) is 1. The lowest BCUT2D eigenvalue weighted by Crippen LogP contribution is -2.51. The summed E-state index contributed by atoms with van der Waals surface area (Å²) in [6.07, 6.45) is 3.60. The Morgan fingerprint density at radius 3 is 3.18 bits per heavy atom. The van der Waals surface area contributed by atoms with Gasteiger partial charge in [-0.2, -0.15) is 0 Å². The maximum atomic E-state index is 12.1. The Balaban J connectivity index is 1.93. The second kappa shape index (κ2) is 5.29. The molecular weight excluding hydrogens is 220 g/mol. The predicted octanol–water partition coefficient (Wildman–Crippen LogP) is -0.633. The van der Waals surface area contributed by atoms with Crippen molar-refractivity contribution in [2.45, 2.75) is 12.6 Å². The number of carbonyl (C=O) groups excluding carboxylic acids is 1. The number of nitrogens with zero attached hydrogens (tertiary/aromatic N) is 3. The number of carbonyl (C=O) groups is 1. The normalized spacial score (nSPS) is 20.2. The van der Waals surface area contributed by atoms with Crippen molar-refractivity contribution in [3.8, 4) is 0 Å². The van der Waals surface area contributed by atoms with Gasteiger partial charge in [0.25, 0.3) is 0 Å². The van der Waals surface area contributed by atoms with Crippen LogP contribution in [0.1, 0.15) is 5.82 Å². The van der Waals surface area contributed by atoms with E-state index < -0.39 is 0 Å². The van der Waals surface area contributed by atoms with Gasteiger partial charge in [-0.1, -0.05) is 0 Å². The molecule has 0 spiro atoms. The highest BCUT2D eigenvalue weighted by Crippen LogP contribution is 2.03. The van der Waals surface area contributed by atoms with Crippen LogP contribution in [0.4, 0.5) is 0 Å². The summed E-state index contributed by atoms with van der Waals surface area (Å²) < 4.78 is 7.19. The van der Waals surface area contributed by atoms with Crippen LogP contribution in [0.2, 0.25) is 0 Å². The maximum absolute atomic E-state index is 12.1. The summed E-state index contributed by atoms with van der Waals surface area (Å²) in [6.45, 7) is 2.36. The second-order valence-electron chi connectivity index (χ2n) is 4.23. The van der Waals surface area contributed by atoms with Gasteiger partial charge in [-0.05, 0) is 0 Å². The van der Waals surface area contributed by atoms with Crippen LogP contribution < -0.4 is 5.32 Å². The first kappa shape index (κ1) is 12.1. The molecule has 17 heavy (non-hydrogen) atoms. The Morgan fingerprint density at radius 2 is 2.59 bits per heavy atom. The Kier molecular flexibility index (Phi) is 3.75. The number of morpholine rings is 1. The van der Waals surface area contributed by atoms with Gasteiger partial charge in [0, 0.05) is 33.0 Å². The molecule has 1 aliphatic rings. The maximum Gasteiger partial charge on any atom is 0.242 e. The molecule has 1 N–H and O–H groups in total. The van der Waals surface area contributed by atoms with Crippen LogP contribution in [-0.4, -0.2) is 53.2 Å². The SMILES string of the molecule is CN(Cc1nccn1C)C(=O)C1COCCN1.